The molecule has 1 aliphatic heterocycles. The standard InChI is InChI=1S/C19H17F2NO4S/c1-11-10-16(18(24)25-11)26-17(23)14-4-2-3-5-15(14)22-12-6-8-13(9-7-12)27-19(20)21/h2-9,11,16,19,22H,10H2,1H3/t11-,16-/m0/s1. The lowest BCUT2D eigenvalue weighted by Gasteiger charge is -2.13. The summed E-state index contributed by atoms with van der Waals surface area (Å²) in [6.45, 7) is 1.73. The molecular formula is C19H17F2NO4S. The second kappa shape index (κ2) is 8.39. The van der Waals surface area contributed by atoms with Crippen molar-refractivity contribution in [3.05, 3.63) is 54.1 Å². The van der Waals surface area contributed by atoms with Gasteiger partial charge in [-0.05, 0) is 43.3 Å². The van der Waals surface area contributed by atoms with Gasteiger partial charge in [-0.25, -0.2) is 9.59 Å². The lowest BCUT2D eigenvalue weighted by atomic mass is 10.1. The van der Waals surface area contributed by atoms with Crippen LogP contribution in [0, 0.1) is 0 Å². The van der Waals surface area contributed by atoms with Crippen molar-refractivity contribution >= 4 is 35.1 Å². The summed E-state index contributed by atoms with van der Waals surface area (Å²) in [6, 6.07) is 13.1. The molecule has 2 aromatic rings. The minimum Gasteiger partial charge on any atom is -0.460 e. The molecule has 0 amide bonds. The van der Waals surface area contributed by atoms with Crippen LogP contribution in [0.1, 0.15) is 23.7 Å². The number of esters is 2. The van der Waals surface area contributed by atoms with Gasteiger partial charge in [0.2, 0.25) is 6.10 Å². The Morgan fingerprint density at radius 1 is 1.22 bits per heavy atom. The molecule has 3 rings (SSSR count). The van der Waals surface area contributed by atoms with E-state index < -0.39 is 23.8 Å². The fourth-order valence-corrected chi connectivity index (χ4v) is 3.15. The first-order valence-electron chi connectivity index (χ1n) is 8.25. The van der Waals surface area contributed by atoms with Crippen LogP contribution in [0.2, 0.25) is 0 Å². The number of rotatable bonds is 6. The SMILES string of the molecule is C[C@H]1C[C@H](OC(=O)c2ccccc2Nc2ccc(SC(F)F)cc2)C(=O)O1. The monoisotopic (exact) mass is 393 g/mol. The van der Waals surface area contributed by atoms with Gasteiger partial charge in [0.1, 0.15) is 6.10 Å². The number of ether oxygens (including phenoxy) is 2. The summed E-state index contributed by atoms with van der Waals surface area (Å²) in [5, 5.41) is 3.07. The first-order valence-corrected chi connectivity index (χ1v) is 9.13. The summed E-state index contributed by atoms with van der Waals surface area (Å²) in [7, 11) is 0. The van der Waals surface area contributed by atoms with E-state index in [0.717, 1.165) is 0 Å². The molecule has 2 aromatic carbocycles. The van der Waals surface area contributed by atoms with Crippen molar-refractivity contribution in [2.45, 2.75) is 36.2 Å². The predicted octanol–water partition coefficient (Wildman–Crippen LogP) is 4.61. The summed E-state index contributed by atoms with van der Waals surface area (Å²) >= 11 is 0.461. The summed E-state index contributed by atoms with van der Waals surface area (Å²) in [5.74, 6) is -3.67. The van der Waals surface area contributed by atoms with Gasteiger partial charge in [-0.2, -0.15) is 8.78 Å². The quantitative estimate of drug-likeness (QED) is 0.571. The van der Waals surface area contributed by atoms with Crippen LogP contribution in [0.3, 0.4) is 0 Å². The van der Waals surface area contributed by atoms with Crippen molar-refractivity contribution in [1.82, 2.24) is 0 Å². The molecule has 27 heavy (non-hydrogen) atoms. The fraction of sp³-hybridized carbons (Fsp3) is 0.263. The molecule has 1 fully saturated rings. The zero-order chi connectivity index (χ0) is 19.4. The van der Waals surface area contributed by atoms with Crippen LogP contribution >= 0.6 is 11.8 Å². The number of para-hydroxylation sites is 1. The normalized spacial score (nSPS) is 19.0. The lowest BCUT2D eigenvalue weighted by molar-refractivity contribution is -0.147. The number of hydrogen-bond donors (Lipinski definition) is 1. The van der Waals surface area contributed by atoms with Gasteiger partial charge in [-0.15, -0.1) is 0 Å². The molecule has 2 atom stereocenters. The number of carbonyl (C=O) groups is 2. The van der Waals surface area contributed by atoms with Crippen LogP contribution in [0.25, 0.3) is 0 Å². The Balaban J connectivity index is 1.72. The first-order chi connectivity index (χ1) is 12.9. The Labute approximate surface area is 159 Å². The maximum atomic E-state index is 12.5. The third-order valence-electron chi connectivity index (χ3n) is 3.88. The molecule has 1 N–H and O–H groups in total. The molecule has 0 aliphatic carbocycles. The van der Waals surface area contributed by atoms with Crippen molar-refractivity contribution in [2.75, 3.05) is 5.32 Å². The van der Waals surface area contributed by atoms with Crippen LogP contribution in [-0.2, 0) is 14.3 Å². The highest BCUT2D eigenvalue weighted by Gasteiger charge is 2.35. The second-order valence-corrected chi connectivity index (χ2v) is 7.01. The smallest absolute Gasteiger partial charge is 0.347 e. The molecule has 0 aromatic heterocycles. The highest BCUT2D eigenvalue weighted by molar-refractivity contribution is 7.99. The Morgan fingerprint density at radius 2 is 1.93 bits per heavy atom. The van der Waals surface area contributed by atoms with E-state index in [9.17, 15) is 18.4 Å². The van der Waals surface area contributed by atoms with E-state index >= 15 is 0 Å². The molecule has 1 aliphatic rings. The fourth-order valence-electron chi connectivity index (χ4n) is 2.65. The van der Waals surface area contributed by atoms with Crippen LogP contribution in [0.5, 0.6) is 0 Å². The number of benzene rings is 2. The summed E-state index contributed by atoms with van der Waals surface area (Å²) in [5.41, 5.74) is 1.37. The molecule has 0 saturated carbocycles. The molecule has 1 heterocycles. The molecule has 0 radical (unpaired) electrons. The lowest BCUT2D eigenvalue weighted by Crippen LogP contribution is -2.23. The summed E-state index contributed by atoms with van der Waals surface area (Å²) in [6.07, 6.45) is -0.872. The van der Waals surface area contributed by atoms with E-state index in [1.54, 1.807) is 55.5 Å². The van der Waals surface area contributed by atoms with Gasteiger partial charge in [0, 0.05) is 17.0 Å². The molecule has 5 nitrogen and oxygen atoms in total. The largest absolute Gasteiger partial charge is 0.460 e. The predicted molar refractivity (Wildman–Crippen MR) is 97.4 cm³/mol. The van der Waals surface area contributed by atoms with Gasteiger partial charge in [0.25, 0.3) is 5.76 Å². The minimum absolute atomic E-state index is 0.260. The number of hydrogen-bond acceptors (Lipinski definition) is 6. The molecule has 1 saturated heterocycles. The van der Waals surface area contributed by atoms with Crippen molar-refractivity contribution in [1.29, 1.82) is 0 Å². The summed E-state index contributed by atoms with van der Waals surface area (Å²) < 4.78 is 35.1. The molecule has 142 valence electrons. The molecule has 0 bridgehead atoms. The van der Waals surface area contributed by atoms with E-state index in [-0.39, 0.29) is 11.7 Å². The van der Waals surface area contributed by atoms with Gasteiger partial charge >= 0.3 is 11.9 Å². The van der Waals surface area contributed by atoms with Crippen LogP contribution in [0.15, 0.2) is 53.4 Å². The Hall–Kier alpha value is -2.61. The number of thioether (sulfide) groups is 1. The minimum atomic E-state index is -2.48. The molecule has 8 heteroatoms. The number of alkyl halides is 2. The summed E-state index contributed by atoms with van der Waals surface area (Å²) in [4.78, 5) is 24.6. The van der Waals surface area contributed by atoms with Crippen LogP contribution in [0.4, 0.5) is 20.2 Å². The Bertz CT molecular complexity index is 829. The number of anilines is 2. The Kier molecular flexibility index (Phi) is 5.95. The third-order valence-corrected chi connectivity index (χ3v) is 4.60. The van der Waals surface area contributed by atoms with Crippen LogP contribution < -0.4 is 5.32 Å². The zero-order valence-corrected chi connectivity index (χ0v) is 15.2. The van der Waals surface area contributed by atoms with Crippen molar-refractivity contribution < 1.29 is 27.8 Å². The maximum absolute atomic E-state index is 12.5. The molecule has 0 spiro atoms. The van der Waals surface area contributed by atoms with E-state index in [1.165, 1.54) is 0 Å². The van der Waals surface area contributed by atoms with E-state index in [4.69, 9.17) is 9.47 Å². The average molecular weight is 393 g/mol. The van der Waals surface area contributed by atoms with Gasteiger partial charge in [0.05, 0.1) is 11.3 Å². The maximum Gasteiger partial charge on any atom is 0.347 e. The average Bonchev–Trinajstić information content (AvgIpc) is 2.93. The first kappa shape index (κ1) is 19.2. The highest BCUT2D eigenvalue weighted by Crippen LogP contribution is 2.28. The van der Waals surface area contributed by atoms with Crippen molar-refractivity contribution in [3.63, 3.8) is 0 Å². The van der Waals surface area contributed by atoms with Crippen molar-refractivity contribution in [3.8, 4) is 0 Å². The van der Waals surface area contributed by atoms with Gasteiger partial charge < -0.3 is 14.8 Å². The van der Waals surface area contributed by atoms with E-state index in [1.807, 2.05) is 0 Å². The third kappa shape index (κ3) is 4.97. The van der Waals surface area contributed by atoms with Gasteiger partial charge in [-0.3, -0.25) is 0 Å². The second-order valence-electron chi connectivity index (χ2n) is 5.95. The molecule has 0 unspecified atom stereocenters. The zero-order valence-electron chi connectivity index (χ0n) is 14.4. The van der Waals surface area contributed by atoms with E-state index in [2.05, 4.69) is 5.32 Å². The molecular weight excluding hydrogens is 376 g/mol. The van der Waals surface area contributed by atoms with Gasteiger partial charge in [-0.1, -0.05) is 23.9 Å². The van der Waals surface area contributed by atoms with Crippen LogP contribution in [-0.4, -0.2) is 29.9 Å². The number of nitrogens with one attached hydrogen (secondary N) is 1. The van der Waals surface area contributed by atoms with E-state index in [0.29, 0.717) is 34.5 Å². The number of carbonyl (C=O) groups excluding carboxylic acids is 2. The van der Waals surface area contributed by atoms with Gasteiger partial charge in [0.15, 0.2) is 0 Å². The highest BCUT2D eigenvalue weighted by atomic mass is 32.2. The topological polar surface area (TPSA) is 64.6 Å². The van der Waals surface area contributed by atoms with Crippen molar-refractivity contribution in [2.24, 2.45) is 0 Å². The Morgan fingerprint density at radius 3 is 2.56 bits per heavy atom. The number of halogens is 2. The number of cyclic esters (lactones) is 1.